The summed E-state index contributed by atoms with van der Waals surface area (Å²) in [4.78, 5) is 27.6. The third-order valence-electron chi connectivity index (χ3n) is 3.38. The third-order valence-corrected chi connectivity index (χ3v) is 5.83. The van der Waals surface area contributed by atoms with Gasteiger partial charge in [0.15, 0.2) is 0 Å². The lowest BCUT2D eigenvalue weighted by Gasteiger charge is -2.14. The molecular formula is C17H13ClN2O2S3. The lowest BCUT2D eigenvalue weighted by atomic mass is 10.3. The van der Waals surface area contributed by atoms with E-state index in [0.717, 1.165) is 4.88 Å². The second-order valence-electron chi connectivity index (χ2n) is 5.15. The smallest absolute Gasteiger partial charge is 0.266 e. The number of thioether (sulfide) groups is 1. The number of carbonyl (C=O) groups excluding carboxylic acids is 2. The lowest BCUT2D eigenvalue weighted by Crippen LogP contribution is -2.31. The molecule has 1 fully saturated rings. The highest BCUT2D eigenvalue weighted by Gasteiger charge is 2.32. The minimum Gasteiger partial charge on any atom is -0.326 e. The van der Waals surface area contributed by atoms with Gasteiger partial charge in [0.25, 0.3) is 5.91 Å². The van der Waals surface area contributed by atoms with Crippen LogP contribution in [0, 0.1) is 0 Å². The summed E-state index contributed by atoms with van der Waals surface area (Å²) >= 11 is 13.9. The zero-order valence-corrected chi connectivity index (χ0v) is 16.1. The number of amides is 2. The van der Waals surface area contributed by atoms with Crippen LogP contribution in [0.5, 0.6) is 0 Å². The molecule has 25 heavy (non-hydrogen) atoms. The molecule has 8 heteroatoms. The Morgan fingerprint density at radius 2 is 2.04 bits per heavy atom. The molecule has 0 unspecified atom stereocenters. The van der Waals surface area contributed by atoms with E-state index in [0.29, 0.717) is 19.9 Å². The Bertz CT molecular complexity index is 832. The van der Waals surface area contributed by atoms with E-state index in [1.54, 1.807) is 35.6 Å². The number of nitrogens with zero attached hydrogens (tertiary/aromatic N) is 1. The lowest BCUT2D eigenvalue weighted by molar-refractivity contribution is -0.122. The molecule has 1 aromatic carbocycles. The number of rotatable bonds is 5. The minimum atomic E-state index is -0.182. The molecular weight excluding hydrogens is 396 g/mol. The highest BCUT2D eigenvalue weighted by Crippen LogP contribution is 2.33. The molecule has 0 radical (unpaired) electrons. The van der Waals surface area contributed by atoms with E-state index in [9.17, 15) is 9.59 Å². The maximum atomic E-state index is 12.5. The number of anilines is 1. The van der Waals surface area contributed by atoms with Crippen LogP contribution in [0.25, 0.3) is 6.08 Å². The van der Waals surface area contributed by atoms with Crippen molar-refractivity contribution in [2.45, 2.75) is 6.42 Å². The van der Waals surface area contributed by atoms with E-state index in [1.165, 1.54) is 16.7 Å². The molecule has 1 aliphatic heterocycles. The van der Waals surface area contributed by atoms with Crippen LogP contribution in [0.3, 0.4) is 0 Å². The molecule has 1 aromatic heterocycles. The van der Waals surface area contributed by atoms with Crippen molar-refractivity contribution in [3.8, 4) is 0 Å². The number of carbonyl (C=O) groups is 2. The van der Waals surface area contributed by atoms with Gasteiger partial charge in [-0.15, -0.1) is 11.3 Å². The fraction of sp³-hybridized carbons (Fsp3) is 0.118. The average molecular weight is 409 g/mol. The molecule has 128 valence electrons. The Morgan fingerprint density at radius 1 is 1.28 bits per heavy atom. The number of thiophene rings is 1. The van der Waals surface area contributed by atoms with Crippen molar-refractivity contribution in [2.75, 3.05) is 11.9 Å². The Kier molecular flexibility index (Phi) is 5.90. The van der Waals surface area contributed by atoms with Crippen LogP contribution in [-0.2, 0) is 9.59 Å². The zero-order chi connectivity index (χ0) is 17.8. The first kappa shape index (κ1) is 18.1. The number of halogens is 1. The minimum absolute atomic E-state index is 0.150. The monoisotopic (exact) mass is 408 g/mol. The molecule has 2 aromatic rings. The Hall–Kier alpha value is -1.67. The largest absolute Gasteiger partial charge is 0.326 e. The molecule has 0 aliphatic carbocycles. The molecule has 0 bridgehead atoms. The van der Waals surface area contributed by atoms with Crippen molar-refractivity contribution in [3.05, 3.63) is 56.6 Å². The number of thiocarbonyl (C=S) groups is 1. The van der Waals surface area contributed by atoms with Crippen molar-refractivity contribution in [2.24, 2.45) is 0 Å². The van der Waals surface area contributed by atoms with Crippen molar-refractivity contribution in [3.63, 3.8) is 0 Å². The van der Waals surface area contributed by atoms with Crippen LogP contribution < -0.4 is 5.32 Å². The first-order chi connectivity index (χ1) is 12.0. The van der Waals surface area contributed by atoms with Crippen LogP contribution >= 0.6 is 46.9 Å². The number of hydrogen-bond donors (Lipinski definition) is 1. The van der Waals surface area contributed by atoms with E-state index in [4.69, 9.17) is 23.8 Å². The molecule has 3 rings (SSSR count). The van der Waals surface area contributed by atoms with Crippen molar-refractivity contribution >= 4 is 74.8 Å². The second-order valence-corrected chi connectivity index (χ2v) is 8.25. The summed E-state index contributed by atoms with van der Waals surface area (Å²) in [6.45, 7) is 0.256. The van der Waals surface area contributed by atoms with Gasteiger partial charge in [-0.1, -0.05) is 41.6 Å². The first-order valence-electron chi connectivity index (χ1n) is 7.37. The second kappa shape index (κ2) is 8.14. The van der Waals surface area contributed by atoms with Crippen LogP contribution in [0.15, 0.2) is 46.7 Å². The fourth-order valence-electron chi connectivity index (χ4n) is 2.17. The summed E-state index contributed by atoms with van der Waals surface area (Å²) in [6.07, 6.45) is 2.00. The fourth-order valence-corrected chi connectivity index (χ4v) is 4.32. The predicted molar refractivity (Wildman–Crippen MR) is 109 cm³/mol. The number of benzene rings is 1. The van der Waals surface area contributed by atoms with E-state index >= 15 is 0 Å². The normalized spacial score (nSPS) is 15.9. The SMILES string of the molecule is O=C(CCN1C(=O)/C(=C\c2cccs2)SC1=S)Nc1ccc(Cl)cc1. The Balaban J connectivity index is 1.57. The Labute approximate surface area is 163 Å². The summed E-state index contributed by atoms with van der Waals surface area (Å²) in [6, 6.07) is 10.7. The summed E-state index contributed by atoms with van der Waals surface area (Å²) in [5.74, 6) is -0.332. The molecule has 2 amide bonds. The van der Waals surface area contributed by atoms with Crippen molar-refractivity contribution in [1.82, 2.24) is 4.90 Å². The van der Waals surface area contributed by atoms with Crippen molar-refractivity contribution in [1.29, 1.82) is 0 Å². The highest BCUT2D eigenvalue weighted by molar-refractivity contribution is 8.26. The quantitative estimate of drug-likeness (QED) is 0.578. The molecule has 1 N–H and O–H groups in total. The van der Waals surface area contributed by atoms with Crippen molar-refractivity contribution < 1.29 is 9.59 Å². The standard InChI is InChI=1S/C17H13ClN2O2S3/c18-11-3-5-12(6-4-11)19-15(21)7-8-20-16(22)14(25-17(20)23)10-13-2-1-9-24-13/h1-6,9-10H,7-8H2,(H,19,21)/b14-10+. The van der Waals surface area contributed by atoms with E-state index in [1.807, 2.05) is 23.6 Å². The van der Waals surface area contributed by atoms with Gasteiger partial charge in [-0.05, 0) is 41.8 Å². The van der Waals surface area contributed by atoms with Gasteiger partial charge in [0, 0.05) is 28.6 Å². The van der Waals surface area contributed by atoms with Gasteiger partial charge < -0.3 is 5.32 Å². The maximum absolute atomic E-state index is 12.5. The molecule has 4 nitrogen and oxygen atoms in total. The molecule has 0 saturated carbocycles. The molecule has 0 spiro atoms. The van der Waals surface area contributed by atoms with Gasteiger partial charge in [-0.3, -0.25) is 14.5 Å². The number of nitrogens with one attached hydrogen (secondary N) is 1. The van der Waals surface area contributed by atoms with Gasteiger partial charge in [0.1, 0.15) is 4.32 Å². The van der Waals surface area contributed by atoms with Crippen LogP contribution in [-0.4, -0.2) is 27.6 Å². The highest BCUT2D eigenvalue weighted by atomic mass is 35.5. The summed E-state index contributed by atoms with van der Waals surface area (Å²) in [5, 5.41) is 5.33. The van der Waals surface area contributed by atoms with Gasteiger partial charge >= 0.3 is 0 Å². The molecule has 1 saturated heterocycles. The average Bonchev–Trinajstić information content (AvgIpc) is 3.18. The van der Waals surface area contributed by atoms with Gasteiger partial charge in [0.2, 0.25) is 5.91 Å². The third kappa shape index (κ3) is 4.70. The van der Waals surface area contributed by atoms with E-state index in [2.05, 4.69) is 5.32 Å². The summed E-state index contributed by atoms with van der Waals surface area (Å²) in [7, 11) is 0. The zero-order valence-electron chi connectivity index (χ0n) is 12.9. The molecule has 2 heterocycles. The first-order valence-corrected chi connectivity index (χ1v) is 9.85. The predicted octanol–water partition coefficient (Wildman–Crippen LogP) is 4.63. The van der Waals surface area contributed by atoms with Gasteiger partial charge in [0.05, 0.1) is 4.91 Å². The molecule has 0 atom stereocenters. The van der Waals surface area contributed by atoms with Gasteiger partial charge in [-0.25, -0.2) is 0 Å². The van der Waals surface area contributed by atoms with Gasteiger partial charge in [-0.2, -0.15) is 0 Å². The number of hydrogen-bond acceptors (Lipinski definition) is 5. The topological polar surface area (TPSA) is 49.4 Å². The van der Waals surface area contributed by atoms with Crippen LogP contribution in [0.2, 0.25) is 5.02 Å². The summed E-state index contributed by atoms with van der Waals surface area (Å²) in [5.41, 5.74) is 0.664. The van der Waals surface area contributed by atoms with Crippen LogP contribution in [0.4, 0.5) is 5.69 Å². The van der Waals surface area contributed by atoms with E-state index in [-0.39, 0.29) is 24.8 Å². The van der Waals surface area contributed by atoms with E-state index < -0.39 is 0 Å². The Morgan fingerprint density at radius 3 is 2.72 bits per heavy atom. The summed E-state index contributed by atoms with van der Waals surface area (Å²) < 4.78 is 0.479. The maximum Gasteiger partial charge on any atom is 0.266 e. The van der Waals surface area contributed by atoms with Crippen LogP contribution in [0.1, 0.15) is 11.3 Å². The molecule has 1 aliphatic rings.